The molecule has 2 aromatic rings. The van der Waals surface area contributed by atoms with Crippen LogP contribution in [0, 0.1) is 17.5 Å². The Kier molecular flexibility index (Phi) is 3.53. The lowest BCUT2D eigenvalue weighted by Crippen LogP contribution is -1.97. The van der Waals surface area contributed by atoms with Crippen LogP contribution in [0.15, 0.2) is 36.4 Å². The van der Waals surface area contributed by atoms with Crippen molar-refractivity contribution < 1.29 is 23.0 Å². The van der Waals surface area contributed by atoms with Crippen molar-refractivity contribution in [2.75, 3.05) is 0 Å². The zero-order chi connectivity index (χ0) is 13.1. The molecule has 18 heavy (non-hydrogen) atoms. The van der Waals surface area contributed by atoms with Crippen molar-refractivity contribution in [3.63, 3.8) is 0 Å². The number of ether oxygens (including phenoxy) is 1. The predicted molar refractivity (Wildman–Crippen MR) is 58.8 cm³/mol. The number of aliphatic hydroxyl groups is 1. The van der Waals surface area contributed by atoms with Crippen LogP contribution in [0.1, 0.15) is 5.56 Å². The van der Waals surface area contributed by atoms with Gasteiger partial charge in [0, 0.05) is 11.6 Å². The largest absolute Gasteiger partial charge is 0.451 e. The molecule has 0 saturated heterocycles. The second-order valence-corrected chi connectivity index (χ2v) is 3.56. The summed E-state index contributed by atoms with van der Waals surface area (Å²) in [5.74, 6) is -3.01. The first kappa shape index (κ1) is 12.4. The molecule has 0 radical (unpaired) electrons. The summed E-state index contributed by atoms with van der Waals surface area (Å²) >= 11 is 0. The van der Waals surface area contributed by atoms with Crippen LogP contribution in [0.2, 0.25) is 0 Å². The third kappa shape index (κ3) is 2.46. The van der Waals surface area contributed by atoms with E-state index in [1.165, 1.54) is 12.1 Å². The smallest absolute Gasteiger partial charge is 0.168 e. The zero-order valence-corrected chi connectivity index (χ0v) is 9.16. The van der Waals surface area contributed by atoms with Crippen LogP contribution in [-0.4, -0.2) is 5.11 Å². The van der Waals surface area contributed by atoms with Gasteiger partial charge in [-0.25, -0.2) is 13.2 Å². The Morgan fingerprint density at radius 1 is 1.00 bits per heavy atom. The van der Waals surface area contributed by atoms with Gasteiger partial charge in [0.2, 0.25) is 0 Å². The number of hydrogen-bond acceptors (Lipinski definition) is 2. The third-order valence-electron chi connectivity index (χ3n) is 2.32. The van der Waals surface area contributed by atoms with Gasteiger partial charge in [0.1, 0.15) is 5.82 Å². The molecule has 0 atom stereocenters. The average Bonchev–Trinajstić information content (AvgIpc) is 2.34. The highest BCUT2D eigenvalue weighted by Crippen LogP contribution is 2.30. The maximum absolute atomic E-state index is 13.5. The molecule has 0 spiro atoms. The van der Waals surface area contributed by atoms with Crippen LogP contribution in [0.4, 0.5) is 13.2 Å². The normalized spacial score (nSPS) is 10.4. The van der Waals surface area contributed by atoms with E-state index in [0.717, 1.165) is 18.2 Å². The number of para-hydroxylation sites is 1. The molecular weight excluding hydrogens is 245 g/mol. The van der Waals surface area contributed by atoms with Crippen molar-refractivity contribution in [1.29, 1.82) is 0 Å². The topological polar surface area (TPSA) is 29.5 Å². The maximum atomic E-state index is 13.5. The van der Waals surface area contributed by atoms with Gasteiger partial charge in [-0.1, -0.05) is 12.1 Å². The molecule has 1 N–H and O–H groups in total. The Hall–Kier alpha value is -2.01. The van der Waals surface area contributed by atoms with Gasteiger partial charge in [-0.05, 0) is 18.2 Å². The summed E-state index contributed by atoms with van der Waals surface area (Å²) in [7, 11) is 0. The van der Waals surface area contributed by atoms with Crippen molar-refractivity contribution >= 4 is 0 Å². The van der Waals surface area contributed by atoms with Crippen molar-refractivity contribution in [2.24, 2.45) is 0 Å². The molecule has 0 amide bonds. The van der Waals surface area contributed by atoms with E-state index in [2.05, 4.69) is 0 Å². The summed E-state index contributed by atoms with van der Waals surface area (Å²) in [6.07, 6.45) is 0. The lowest BCUT2D eigenvalue weighted by molar-refractivity contribution is 0.273. The van der Waals surface area contributed by atoms with Crippen molar-refractivity contribution in [1.82, 2.24) is 0 Å². The Labute approximate surface area is 101 Å². The van der Waals surface area contributed by atoms with Gasteiger partial charge in [0.25, 0.3) is 0 Å². The van der Waals surface area contributed by atoms with E-state index in [9.17, 15) is 13.2 Å². The van der Waals surface area contributed by atoms with Crippen LogP contribution >= 0.6 is 0 Å². The monoisotopic (exact) mass is 254 g/mol. The highest BCUT2D eigenvalue weighted by molar-refractivity contribution is 5.39. The van der Waals surface area contributed by atoms with Crippen LogP contribution < -0.4 is 4.74 Å². The number of halogens is 3. The highest BCUT2D eigenvalue weighted by Gasteiger charge is 2.13. The number of rotatable bonds is 3. The molecule has 5 heteroatoms. The highest BCUT2D eigenvalue weighted by atomic mass is 19.1. The molecule has 0 aliphatic carbocycles. The summed E-state index contributed by atoms with van der Waals surface area (Å²) in [5, 5.41) is 9.03. The Bertz CT molecular complexity index is 570. The molecular formula is C13H9F3O2. The van der Waals surface area contributed by atoms with E-state index in [0.29, 0.717) is 6.07 Å². The predicted octanol–water partition coefficient (Wildman–Crippen LogP) is 3.39. The SMILES string of the molecule is OCc1cccc(F)c1Oc1ccc(F)cc1F. The summed E-state index contributed by atoms with van der Waals surface area (Å²) in [4.78, 5) is 0. The van der Waals surface area contributed by atoms with Gasteiger partial charge in [-0.15, -0.1) is 0 Å². The van der Waals surface area contributed by atoms with E-state index < -0.39 is 24.1 Å². The van der Waals surface area contributed by atoms with Gasteiger partial charge in [0.15, 0.2) is 23.1 Å². The van der Waals surface area contributed by atoms with Gasteiger partial charge < -0.3 is 9.84 Å². The first-order valence-corrected chi connectivity index (χ1v) is 5.13. The molecule has 2 aromatic carbocycles. The first-order valence-electron chi connectivity index (χ1n) is 5.13. The van der Waals surface area contributed by atoms with E-state index in [1.807, 2.05) is 0 Å². The molecule has 0 saturated carbocycles. The van der Waals surface area contributed by atoms with Gasteiger partial charge in [0.05, 0.1) is 6.61 Å². The van der Waals surface area contributed by atoms with E-state index >= 15 is 0 Å². The summed E-state index contributed by atoms with van der Waals surface area (Å²) < 4.78 is 44.6. The zero-order valence-electron chi connectivity index (χ0n) is 9.16. The molecule has 0 aliphatic rings. The fourth-order valence-electron chi connectivity index (χ4n) is 1.46. The molecule has 2 rings (SSSR count). The second-order valence-electron chi connectivity index (χ2n) is 3.56. The van der Waals surface area contributed by atoms with Crippen molar-refractivity contribution in [3.8, 4) is 11.5 Å². The number of benzene rings is 2. The van der Waals surface area contributed by atoms with Crippen LogP contribution in [0.3, 0.4) is 0 Å². The summed E-state index contributed by atoms with van der Waals surface area (Å²) in [5.41, 5.74) is 0.179. The third-order valence-corrected chi connectivity index (χ3v) is 2.32. The molecule has 0 aromatic heterocycles. The Balaban J connectivity index is 2.39. The molecule has 94 valence electrons. The minimum Gasteiger partial charge on any atom is -0.451 e. The van der Waals surface area contributed by atoms with E-state index in [4.69, 9.17) is 9.84 Å². The lowest BCUT2D eigenvalue weighted by Gasteiger charge is -2.11. The minimum atomic E-state index is -0.942. The Morgan fingerprint density at radius 3 is 2.44 bits per heavy atom. The molecule has 0 heterocycles. The summed E-state index contributed by atoms with van der Waals surface area (Å²) in [6, 6.07) is 6.65. The van der Waals surface area contributed by atoms with Crippen LogP contribution in [0.25, 0.3) is 0 Å². The van der Waals surface area contributed by atoms with Crippen molar-refractivity contribution in [3.05, 3.63) is 59.4 Å². The van der Waals surface area contributed by atoms with Gasteiger partial charge >= 0.3 is 0 Å². The summed E-state index contributed by atoms with van der Waals surface area (Å²) in [6.45, 7) is -0.449. The standard InChI is InChI=1S/C13H9F3O2/c14-9-4-5-12(11(16)6-9)18-13-8(7-17)2-1-3-10(13)15/h1-6,17H,7H2. The molecule has 0 fully saturated rings. The van der Waals surface area contributed by atoms with E-state index in [-0.39, 0.29) is 17.1 Å². The molecule has 0 aliphatic heterocycles. The second kappa shape index (κ2) is 5.10. The average molecular weight is 254 g/mol. The number of hydrogen-bond donors (Lipinski definition) is 1. The fourth-order valence-corrected chi connectivity index (χ4v) is 1.46. The van der Waals surface area contributed by atoms with Crippen molar-refractivity contribution in [2.45, 2.75) is 6.61 Å². The maximum Gasteiger partial charge on any atom is 0.168 e. The van der Waals surface area contributed by atoms with Gasteiger partial charge in [-0.2, -0.15) is 0 Å². The number of aliphatic hydroxyl groups excluding tert-OH is 1. The quantitative estimate of drug-likeness (QED) is 0.909. The van der Waals surface area contributed by atoms with Crippen LogP contribution in [0.5, 0.6) is 11.5 Å². The van der Waals surface area contributed by atoms with Gasteiger partial charge in [-0.3, -0.25) is 0 Å². The molecule has 2 nitrogen and oxygen atoms in total. The lowest BCUT2D eigenvalue weighted by atomic mass is 10.2. The molecule has 0 bridgehead atoms. The first-order chi connectivity index (χ1) is 8.61. The Morgan fingerprint density at radius 2 is 1.78 bits per heavy atom. The molecule has 0 unspecified atom stereocenters. The van der Waals surface area contributed by atoms with E-state index in [1.54, 1.807) is 0 Å². The fraction of sp³-hybridized carbons (Fsp3) is 0.0769. The minimum absolute atomic E-state index is 0.179. The van der Waals surface area contributed by atoms with Crippen LogP contribution in [-0.2, 0) is 6.61 Å².